The van der Waals surface area contributed by atoms with Gasteiger partial charge in [0.05, 0.1) is 19.3 Å². The Morgan fingerprint density at radius 1 is 1.67 bits per heavy atom. The van der Waals surface area contributed by atoms with Crippen molar-refractivity contribution in [3.05, 3.63) is 12.4 Å². The van der Waals surface area contributed by atoms with Crippen molar-refractivity contribution in [2.75, 3.05) is 38.8 Å². The molecule has 0 aromatic carbocycles. The van der Waals surface area contributed by atoms with Gasteiger partial charge in [-0.2, -0.15) is 0 Å². The van der Waals surface area contributed by atoms with Crippen molar-refractivity contribution in [1.29, 1.82) is 0 Å². The molecule has 1 aromatic rings. The van der Waals surface area contributed by atoms with Crippen LogP contribution in [0.25, 0.3) is 0 Å². The van der Waals surface area contributed by atoms with E-state index in [2.05, 4.69) is 21.8 Å². The highest BCUT2D eigenvalue weighted by Crippen LogP contribution is 2.17. The molecule has 1 N–H and O–H groups in total. The molecule has 2 unspecified atom stereocenters. The summed E-state index contributed by atoms with van der Waals surface area (Å²) in [6.45, 7) is 5.52. The van der Waals surface area contributed by atoms with E-state index in [0.717, 1.165) is 25.7 Å². The Labute approximate surface area is 108 Å². The number of ether oxygens (including phenoxy) is 2. The normalized spacial score (nSPS) is 21.8. The fourth-order valence-electron chi connectivity index (χ4n) is 2.33. The van der Waals surface area contributed by atoms with Crippen molar-refractivity contribution in [2.24, 2.45) is 5.92 Å². The first-order valence-electron chi connectivity index (χ1n) is 6.64. The second kappa shape index (κ2) is 6.75. The average Bonchev–Trinajstić information content (AvgIpc) is 2.86. The number of aromatic nitrogens is 2. The van der Waals surface area contributed by atoms with Gasteiger partial charge in [-0.25, -0.2) is 4.98 Å². The van der Waals surface area contributed by atoms with Crippen LogP contribution in [0.15, 0.2) is 12.4 Å². The molecule has 0 spiro atoms. The van der Waals surface area contributed by atoms with E-state index >= 15 is 0 Å². The van der Waals surface area contributed by atoms with Crippen LogP contribution in [0.1, 0.15) is 25.8 Å². The van der Waals surface area contributed by atoms with Crippen LogP contribution in [0.5, 0.6) is 0 Å². The summed E-state index contributed by atoms with van der Waals surface area (Å²) in [5.41, 5.74) is 0. The molecule has 1 aliphatic heterocycles. The van der Waals surface area contributed by atoms with E-state index in [4.69, 9.17) is 9.47 Å². The summed E-state index contributed by atoms with van der Waals surface area (Å²) < 4.78 is 12.8. The van der Waals surface area contributed by atoms with Gasteiger partial charge in [-0.15, -0.1) is 0 Å². The number of nitrogens with one attached hydrogen (secondary N) is 1. The molecular formula is C13H23N3O2. The van der Waals surface area contributed by atoms with E-state index < -0.39 is 0 Å². The summed E-state index contributed by atoms with van der Waals surface area (Å²) in [6, 6.07) is 0.294. The predicted octanol–water partition coefficient (Wildman–Crippen LogP) is 1.93. The van der Waals surface area contributed by atoms with Crippen LogP contribution in [0.3, 0.4) is 0 Å². The van der Waals surface area contributed by atoms with E-state index in [1.54, 1.807) is 7.11 Å². The topological polar surface area (TPSA) is 48.3 Å². The lowest BCUT2D eigenvalue weighted by Crippen LogP contribution is -2.25. The van der Waals surface area contributed by atoms with Gasteiger partial charge in [0.25, 0.3) is 0 Å². The summed E-state index contributed by atoms with van der Waals surface area (Å²) >= 11 is 0. The van der Waals surface area contributed by atoms with Gasteiger partial charge < -0.3 is 19.4 Å². The number of imidazole rings is 1. The Morgan fingerprint density at radius 2 is 2.56 bits per heavy atom. The summed E-state index contributed by atoms with van der Waals surface area (Å²) in [5.74, 6) is 1.52. The number of rotatable bonds is 6. The third-order valence-electron chi connectivity index (χ3n) is 3.35. The maximum absolute atomic E-state index is 5.48. The largest absolute Gasteiger partial charge is 0.383 e. The number of hydrogen-bond acceptors (Lipinski definition) is 4. The van der Waals surface area contributed by atoms with Crippen LogP contribution in [0, 0.1) is 5.92 Å². The lowest BCUT2D eigenvalue weighted by Gasteiger charge is -2.23. The zero-order valence-electron chi connectivity index (χ0n) is 11.3. The van der Waals surface area contributed by atoms with Gasteiger partial charge in [0, 0.05) is 32.7 Å². The first-order chi connectivity index (χ1) is 8.81. The second-order valence-corrected chi connectivity index (χ2v) is 4.93. The summed E-state index contributed by atoms with van der Waals surface area (Å²) in [6.07, 6.45) is 6.22. The van der Waals surface area contributed by atoms with Crippen LogP contribution in [-0.4, -0.2) is 43.0 Å². The third kappa shape index (κ3) is 3.46. The molecular weight excluding hydrogens is 230 g/mol. The first-order valence-corrected chi connectivity index (χ1v) is 6.64. The first kappa shape index (κ1) is 13.4. The van der Waals surface area contributed by atoms with Gasteiger partial charge in [0.15, 0.2) is 0 Å². The molecule has 5 heteroatoms. The summed E-state index contributed by atoms with van der Waals surface area (Å²) in [5, 5.41) is 3.42. The SMILES string of the molecule is COCC(C)n1ccnc1NCC1CCCOC1. The lowest BCUT2D eigenvalue weighted by molar-refractivity contribution is 0.0594. The smallest absolute Gasteiger partial charge is 0.203 e. The van der Waals surface area contributed by atoms with Crippen LogP contribution in [-0.2, 0) is 9.47 Å². The maximum atomic E-state index is 5.48. The van der Waals surface area contributed by atoms with Crippen molar-refractivity contribution < 1.29 is 9.47 Å². The van der Waals surface area contributed by atoms with E-state index in [0.29, 0.717) is 18.6 Å². The van der Waals surface area contributed by atoms with E-state index in [-0.39, 0.29) is 0 Å². The summed E-state index contributed by atoms with van der Waals surface area (Å²) in [7, 11) is 1.72. The molecule has 1 saturated heterocycles. The van der Waals surface area contributed by atoms with Crippen molar-refractivity contribution in [2.45, 2.75) is 25.8 Å². The van der Waals surface area contributed by atoms with Gasteiger partial charge in [-0.1, -0.05) is 0 Å². The van der Waals surface area contributed by atoms with Crippen LogP contribution in [0.4, 0.5) is 5.95 Å². The van der Waals surface area contributed by atoms with E-state index in [1.165, 1.54) is 12.8 Å². The van der Waals surface area contributed by atoms with Gasteiger partial charge in [0.2, 0.25) is 5.95 Å². The Hall–Kier alpha value is -1.07. The Kier molecular flexibility index (Phi) is 5.01. The van der Waals surface area contributed by atoms with Crippen molar-refractivity contribution >= 4 is 5.95 Å². The van der Waals surface area contributed by atoms with Gasteiger partial charge in [0.1, 0.15) is 0 Å². The quantitative estimate of drug-likeness (QED) is 0.841. The third-order valence-corrected chi connectivity index (χ3v) is 3.35. The van der Waals surface area contributed by atoms with Gasteiger partial charge in [-0.3, -0.25) is 0 Å². The fraction of sp³-hybridized carbons (Fsp3) is 0.769. The molecule has 1 fully saturated rings. The number of anilines is 1. The Balaban J connectivity index is 1.86. The highest BCUT2D eigenvalue weighted by atomic mass is 16.5. The zero-order chi connectivity index (χ0) is 12.8. The Morgan fingerprint density at radius 3 is 3.28 bits per heavy atom. The molecule has 2 rings (SSSR count). The maximum Gasteiger partial charge on any atom is 0.203 e. The number of nitrogens with zero attached hydrogens (tertiary/aromatic N) is 2. The molecule has 0 saturated carbocycles. The van der Waals surface area contributed by atoms with Crippen molar-refractivity contribution in [1.82, 2.24) is 9.55 Å². The molecule has 5 nitrogen and oxygen atoms in total. The molecule has 2 atom stereocenters. The molecule has 2 heterocycles. The Bertz CT molecular complexity index is 348. The minimum absolute atomic E-state index is 0.294. The zero-order valence-corrected chi connectivity index (χ0v) is 11.3. The van der Waals surface area contributed by atoms with E-state index in [9.17, 15) is 0 Å². The van der Waals surface area contributed by atoms with Crippen molar-refractivity contribution in [3.8, 4) is 0 Å². The molecule has 0 bridgehead atoms. The van der Waals surface area contributed by atoms with Crippen LogP contribution in [0.2, 0.25) is 0 Å². The van der Waals surface area contributed by atoms with Crippen molar-refractivity contribution in [3.63, 3.8) is 0 Å². The molecule has 1 aliphatic rings. The molecule has 1 aromatic heterocycles. The minimum atomic E-state index is 0.294. The minimum Gasteiger partial charge on any atom is -0.383 e. The highest BCUT2D eigenvalue weighted by Gasteiger charge is 2.15. The van der Waals surface area contributed by atoms with Gasteiger partial charge in [-0.05, 0) is 25.7 Å². The molecule has 18 heavy (non-hydrogen) atoms. The number of hydrogen-bond donors (Lipinski definition) is 1. The predicted molar refractivity (Wildman–Crippen MR) is 70.8 cm³/mol. The lowest BCUT2D eigenvalue weighted by atomic mass is 10.0. The van der Waals surface area contributed by atoms with Crippen LogP contribution < -0.4 is 5.32 Å². The highest BCUT2D eigenvalue weighted by molar-refractivity contribution is 5.26. The molecule has 0 amide bonds. The molecule has 0 aliphatic carbocycles. The average molecular weight is 253 g/mol. The fourth-order valence-corrected chi connectivity index (χ4v) is 2.33. The molecule has 102 valence electrons. The van der Waals surface area contributed by atoms with E-state index in [1.807, 2.05) is 12.4 Å². The summed E-state index contributed by atoms with van der Waals surface area (Å²) in [4.78, 5) is 4.36. The van der Waals surface area contributed by atoms with Crippen LogP contribution >= 0.6 is 0 Å². The monoisotopic (exact) mass is 253 g/mol. The second-order valence-electron chi connectivity index (χ2n) is 4.93. The number of methoxy groups -OCH3 is 1. The van der Waals surface area contributed by atoms with Gasteiger partial charge >= 0.3 is 0 Å². The molecule has 0 radical (unpaired) electrons. The standard InChI is InChI=1S/C13H23N3O2/c1-11(9-17-2)16-6-5-14-13(16)15-8-12-4-3-7-18-10-12/h5-6,11-12H,3-4,7-10H2,1-2H3,(H,14,15).